The van der Waals surface area contributed by atoms with Crippen LogP contribution in [0.3, 0.4) is 0 Å². The first kappa shape index (κ1) is 17.2. The summed E-state index contributed by atoms with van der Waals surface area (Å²) in [6, 6.07) is 7.23. The van der Waals surface area contributed by atoms with Gasteiger partial charge in [0.15, 0.2) is 0 Å². The Bertz CT molecular complexity index is 570. The Morgan fingerprint density at radius 2 is 1.83 bits per heavy atom. The second kappa shape index (κ2) is 7.92. The topological polar surface area (TPSA) is 69.6 Å². The molecule has 0 radical (unpaired) electrons. The molecule has 2 N–H and O–H groups in total. The third kappa shape index (κ3) is 5.21. The smallest absolute Gasteiger partial charge is 0.335 e. The molecule has 1 saturated heterocycles. The number of carbonyl (C=O) groups is 2. The molecule has 1 aliphatic heterocycles. The zero-order valence-corrected chi connectivity index (χ0v) is 13.7. The Hall–Kier alpha value is -2.14. The quantitative estimate of drug-likeness (QED) is 0.818. The molecule has 1 amide bonds. The fourth-order valence-corrected chi connectivity index (χ4v) is 2.72. The summed E-state index contributed by atoms with van der Waals surface area (Å²) in [7, 11) is 0. The minimum atomic E-state index is -0.953. The summed E-state index contributed by atoms with van der Waals surface area (Å²) in [6.07, 6.45) is 5.16. The minimum absolute atomic E-state index is 0.102. The van der Waals surface area contributed by atoms with Gasteiger partial charge in [0.2, 0.25) is 5.91 Å². The van der Waals surface area contributed by atoms with Gasteiger partial charge < -0.3 is 15.3 Å². The Kier molecular flexibility index (Phi) is 5.93. The highest BCUT2D eigenvalue weighted by Gasteiger charge is 2.21. The molecule has 0 spiro atoms. The number of amides is 1. The van der Waals surface area contributed by atoms with Crippen LogP contribution < -0.4 is 5.32 Å². The number of carboxylic acid groups (broad SMARTS) is 1. The average molecular weight is 316 g/mol. The monoisotopic (exact) mass is 316 g/mol. The van der Waals surface area contributed by atoms with E-state index in [1.807, 2.05) is 0 Å². The van der Waals surface area contributed by atoms with Crippen LogP contribution in [-0.2, 0) is 4.79 Å². The van der Waals surface area contributed by atoms with Crippen molar-refractivity contribution in [3.05, 3.63) is 41.5 Å². The number of rotatable bonds is 5. The van der Waals surface area contributed by atoms with E-state index in [0.29, 0.717) is 6.04 Å². The SMILES string of the molecule is CC(C)N1CCC(NC(=O)C=Cc2ccc(C(=O)O)cc2)CC1. The Morgan fingerprint density at radius 1 is 1.22 bits per heavy atom. The first-order valence-corrected chi connectivity index (χ1v) is 8.01. The molecule has 0 bridgehead atoms. The van der Waals surface area contributed by atoms with Gasteiger partial charge in [0.25, 0.3) is 0 Å². The molecule has 0 aromatic heterocycles. The van der Waals surface area contributed by atoms with Crippen LogP contribution in [0.1, 0.15) is 42.6 Å². The molecule has 5 heteroatoms. The number of benzene rings is 1. The van der Waals surface area contributed by atoms with E-state index in [-0.39, 0.29) is 17.5 Å². The molecule has 1 aromatic carbocycles. The van der Waals surface area contributed by atoms with E-state index in [4.69, 9.17) is 5.11 Å². The van der Waals surface area contributed by atoms with Crippen molar-refractivity contribution >= 4 is 18.0 Å². The van der Waals surface area contributed by atoms with Crippen LogP contribution in [0.5, 0.6) is 0 Å². The molecule has 1 fully saturated rings. The van der Waals surface area contributed by atoms with Crippen molar-refractivity contribution in [2.24, 2.45) is 0 Å². The van der Waals surface area contributed by atoms with Crippen molar-refractivity contribution in [2.75, 3.05) is 13.1 Å². The van der Waals surface area contributed by atoms with Crippen molar-refractivity contribution in [1.82, 2.24) is 10.2 Å². The average Bonchev–Trinajstić information content (AvgIpc) is 2.54. The second-order valence-electron chi connectivity index (χ2n) is 6.17. The van der Waals surface area contributed by atoms with Crippen LogP contribution in [0.15, 0.2) is 30.3 Å². The maximum absolute atomic E-state index is 12.0. The van der Waals surface area contributed by atoms with Crippen molar-refractivity contribution in [3.63, 3.8) is 0 Å². The molecule has 23 heavy (non-hydrogen) atoms. The number of carbonyl (C=O) groups excluding carboxylic acids is 1. The lowest BCUT2D eigenvalue weighted by atomic mass is 10.0. The molecule has 2 rings (SSSR count). The third-order valence-electron chi connectivity index (χ3n) is 4.19. The Balaban J connectivity index is 1.81. The minimum Gasteiger partial charge on any atom is -0.478 e. The van der Waals surface area contributed by atoms with E-state index in [2.05, 4.69) is 24.1 Å². The highest BCUT2D eigenvalue weighted by atomic mass is 16.4. The lowest BCUT2D eigenvalue weighted by Crippen LogP contribution is -2.46. The van der Waals surface area contributed by atoms with Crippen LogP contribution in [0.4, 0.5) is 0 Å². The van der Waals surface area contributed by atoms with Crippen LogP contribution in [0.2, 0.25) is 0 Å². The van der Waals surface area contributed by atoms with Gasteiger partial charge >= 0.3 is 5.97 Å². The van der Waals surface area contributed by atoms with Gasteiger partial charge in [-0.3, -0.25) is 4.79 Å². The van der Waals surface area contributed by atoms with Gasteiger partial charge in [-0.2, -0.15) is 0 Å². The lowest BCUT2D eigenvalue weighted by molar-refractivity contribution is -0.117. The molecule has 5 nitrogen and oxygen atoms in total. The summed E-state index contributed by atoms with van der Waals surface area (Å²) in [4.78, 5) is 25.2. The highest BCUT2D eigenvalue weighted by Crippen LogP contribution is 2.13. The second-order valence-corrected chi connectivity index (χ2v) is 6.17. The molecule has 0 unspecified atom stereocenters. The van der Waals surface area contributed by atoms with E-state index in [9.17, 15) is 9.59 Å². The fraction of sp³-hybridized carbons (Fsp3) is 0.444. The van der Waals surface area contributed by atoms with Crippen molar-refractivity contribution in [3.8, 4) is 0 Å². The van der Waals surface area contributed by atoms with E-state index in [1.165, 1.54) is 18.2 Å². The number of hydrogen-bond donors (Lipinski definition) is 2. The van der Waals surface area contributed by atoms with Gasteiger partial charge in [0, 0.05) is 31.2 Å². The predicted octanol–water partition coefficient (Wildman–Crippen LogP) is 2.39. The van der Waals surface area contributed by atoms with Gasteiger partial charge in [-0.15, -0.1) is 0 Å². The molecular weight excluding hydrogens is 292 g/mol. The lowest BCUT2D eigenvalue weighted by Gasteiger charge is -2.34. The summed E-state index contributed by atoms with van der Waals surface area (Å²) in [5, 5.41) is 11.9. The molecule has 1 heterocycles. The molecule has 0 aliphatic carbocycles. The van der Waals surface area contributed by atoms with Crippen LogP contribution in [0.25, 0.3) is 6.08 Å². The van der Waals surface area contributed by atoms with Crippen molar-refractivity contribution < 1.29 is 14.7 Å². The van der Waals surface area contributed by atoms with E-state index >= 15 is 0 Å². The Labute approximate surface area is 137 Å². The first-order valence-electron chi connectivity index (χ1n) is 8.01. The zero-order chi connectivity index (χ0) is 16.8. The standard InChI is InChI=1S/C18H24N2O3/c1-13(2)20-11-9-16(10-12-20)19-17(21)8-5-14-3-6-15(7-4-14)18(22)23/h3-8,13,16H,9-12H2,1-2H3,(H,19,21)(H,22,23). The summed E-state index contributed by atoms with van der Waals surface area (Å²) in [5.74, 6) is -1.05. The van der Waals surface area contributed by atoms with E-state index in [0.717, 1.165) is 31.5 Å². The fourth-order valence-electron chi connectivity index (χ4n) is 2.72. The van der Waals surface area contributed by atoms with E-state index in [1.54, 1.807) is 18.2 Å². The number of piperidine rings is 1. The zero-order valence-electron chi connectivity index (χ0n) is 13.7. The molecular formula is C18H24N2O3. The van der Waals surface area contributed by atoms with Crippen molar-refractivity contribution in [1.29, 1.82) is 0 Å². The van der Waals surface area contributed by atoms with Gasteiger partial charge in [0.1, 0.15) is 0 Å². The van der Waals surface area contributed by atoms with Crippen LogP contribution >= 0.6 is 0 Å². The third-order valence-corrected chi connectivity index (χ3v) is 4.19. The highest BCUT2D eigenvalue weighted by molar-refractivity contribution is 5.92. The molecule has 124 valence electrons. The van der Waals surface area contributed by atoms with Crippen LogP contribution in [-0.4, -0.2) is 47.1 Å². The number of likely N-dealkylation sites (tertiary alicyclic amines) is 1. The summed E-state index contributed by atoms with van der Waals surface area (Å²) >= 11 is 0. The van der Waals surface area contributed by atoms with Crippen LogP contribution in [0, 0.1) is 0 Å². The normalized spacial score (nSPS) is 16.8. The summed E-state index contributed by atoms with van der Waals surface area (Å²) < 4.78 is 0. The number of aromatic carboxylic acids is 1. The number of nitrogens with one attached hydrogen (secondary N) is 1. The Morgan fingerprint density at radius 3 is 2.35 bits per heavy atom. The van der Waals surface area contributed by atoms with Gasteiger partial charge in [-0.1, -0.05) is 12.1 Å². The predicted molar refractivity (Wildman–Crippen MR) is 90.3 cm³/mol. The number of carboxylic acids is 1. The molecule has 0 atom stereocenters. The largest absolute Gasteiger partial charge is 0.478 e. The van der Waals surface area contributed by atoms with Gasteiger partial charge in [0.05, 0.1) is 5.56 Å². The molecule has 1 aromatic rings. The number of nitrogens with zero attached hydrogens (tertiary/aromatic N) is 1. The van der Waals surface area contributed by atoms with Crippen molar-refractivity contribution in [2.45, 2.75) is 38.8 Å². The molecule has 1 aliphatic rings. The molecule has 0 saturated carbocycles. The summed E-state index contributed by atoms with van der Waals surface area (Å²) in [6.45, 7) is 6.42. The summed E-state index contributed by atoms with van der Waals surface area (Å²) in [5.41, 5.74) is 1.04. The number of hydrogen-bond acceptors (Lipinski definition) is 3. The first-order chi connectivity index (χ1) is 11.0. The maximum atomic E-state index is 12.0. The van der Waals surface area contributed by atoms with Gasteiger partial charge in [-0.25, -0.2) is 4.79 Å². The maximum Gasteiger partial charge on any atom is 0.335 e. The van der Waals surface area contributed by atoms with Gasteiger partial charge in [-0.05, 0) is 50.5 Å². The van der Waals surface area contributed by atoms with E-state index < -0.39 is 5.97 Å².